The number of hydrogen-bond acceptors (Lipinski definition) is 3. The molecule has 19 heavy (non-hydrogen) atoms. The molecule has 98 valence electrons. The van der Waals surface area contributed by atoms with Crippen LogP contribution < -0.4 is 4.74 Å². The molecule has 0 aliphatic rings. The summed E-state index contributed by atoms with van der Waals surface area (Å²) in [7, 11) is 0. The fourth-order valence-corrected chi connectivity index (χ4v) is 1.86. The van der Waals surface area contributed by atoms with Gasteiger partial charge in [-0.05, 0) is 30.3 Å². The molecule has 0 bridgehead atoms. The molecule has 0 aliphatic carbocycles. The Morgan fingerprint density at radius 1 is 1.05 bits per heavy atom. The Kier molecular flexibility index (Phi) is 4.66. The second kappa shape index (κ2) is 6.45. The zero-order valence-corrected chi connectivity index (χ0v) is 11.3. The van der Waals surface area contributed by atoms with Crippen molar-refractivity contribution < 1.29 is 14.3 Å². The van der Waals surface area contributed by atoms with E-state index in [4.69, 9.17) is 32.7 Å². The van der Waals surface area contributed by atoms with E-state index in [0.717, 1.165) is 0 Å². The normalized spacial score (nSPS) is 10.0. The van der Waals surface area contributed by atoms with Gasteiger partial charge in [0.1, 0.15) is 5.75 Å². The Balaban J connectivity index is 1.88. The standard InChI is InChI=1S/C14H10Cl2O3/c15-11-6-7-13(12(16)8-11)18-9-19-14(17)10-4-2-1-3-5-10/h1-8H,9H2. The summed E-state index contributed by atoms with van der Waals surface area (Å²) in [4.78, 5) is 11.6. The van der Waals surface area contributed by atoms with Gasteiger partial charge in [0, 0.05) is 5.02 Å². The molecule has 0 unspecified atom stereocenters. The lowest BCUT2D eigenvalue weighted by Gasteiger charge is -2.08. The zero-order chi connectivity index (χ0) is 13.7. The van der Waals surface area contributed by atoms with Crippen molar-refractivity contribution in [1.29, 1.82) is 0 Å². The van der Waals surface area contributed by atoms with Gasteiger partial charge >= 0.3 is 5.97 Å². The molecule has 2 rings (SSSR count). The molecule has 3 nitrogen and oxygen atoms in total. The minimum absolute atomic E-state index is 0.213. The molecule has 0 heterocycles. The molecule has 0 atom stereocenters. The van der Waals surface area contributed by atoms with Gasteiger partial charge in [0.05, 0.1) is 10.6 Å². The Labute approximate surface area is 120 Å². The average molecular weight is 297 g/mol. The highest BCUT2D eigenvalue weighted by molar-refractivity contribution is 6.35. The Hall–Kier alpha value is -1.71. The number of carbonyl (C=O) groups excluding carboxylic acids is 1. The number of benzene rings is 2. The molecule has 5 heteroatoms. The third kappa shape index (κ3) is 3.88. The summed E-state index contributed by atoms with van der Waals surface area (Å²) in [6.45, 7) is -0.213. The second-order valence-corrected chi connectivity index (χ2v) is 4.48. The van der Waals surface area contributed by atoms with Gasteiger partial charge < -0.3 is 9.47 Å². The smallest absolute Gasteiger partial charge is 0.340 e. The molecule has 0 saturated heterocycles. The number of carbonyl (C=O) groups is 1. The topological polar surface area (TPSA) is 35.5 Å². The Morgan fingerprint density at radius 2 is 1.79 bits per heavy atom. The van der Waals surface area contributed by atoms with E-state index < -0.39 is 5.97 Å². The van der Waals surface area contributed by atoms with Gasteiger partial charge in [0.2, 0.25) is 6.79 Å². The highest BCUT2D eigenvalue weighted by Crippen LogP contribution is 2.27. The largest absolute Gasteiger partial charge is 0.456 e. The quantitative estimate of drug-likeness (QED) is 0.627. The van der Waals surface area contributed by atoms with E-state index in [1.165, 1.54) is 0 Å². The first-order valence-electron chi connectivity index (χ1n) is 5.47. The van der Waals surface area contributed by atoms with Crippen molar-refractivity contribution in [3.63, 3.8) is 0 Å². The highest BCUT2D eigenvalue weighted by atomic mass is 35.5. The fraction of sp³-hybridized carbons (Fsp3) is 0.0714. The third-order valence-corrected chi connectivity index (χ3v) is 2.84. The number of ether oxygens (including phenoxy) is 2. The van der Waals surface area contributed by atoms with Crippen LogP contribution in [-0.2, 0) is 4.74 Å². The summed E-state index contributed by atoms with van der Waals surface area (Å²) in [5, 5.41) is 0.877. The molecule has 0 radical (unpaired) electrons. The fourth-order valence-electron chi connectivity index (χ4n) is 1.40. The van der Waals surface area contributed by atoms with E-state index in [1.54, 1.807) is 42.5 Å². The van der Waals surface area contributed by atoms with Crippen molar-refractivity contribution >= 4 is 29.2 Å². The molecular weight excluding hydrogens is 287 g/mol. The minimum Gasteiger partial charge on any atom is -0.456 e. The van der Waals surface area contributed by atoms with Crippen molar-refractivity contribution in [2.45, 2.75) is 0 Å². The van der Waals surface area contributed by atoms with Gasteiger partial charge in [0.15, 0.2) is 0 Å². The number of halogens is 2. The maximum atomic E-state index is 11.6. The molecule has 0 spiro atoms. The molecule has 0 N–H and O–H groups in total. The van der Waals surface area contributed by atoms with Crippen LogP contribution in [0.2, 0.25) is 10.0 Å². The van der Waals surface area contributed by atoms with Gasteiger partial charge in [0.25, 0.3) is 0 Å². The molecular formula is C14H10Cl2O3. The summed E-state index contributed by atoms with van der Waals surface area (Å²) in [6.07, 6.45) is 0. The maximum absolute atomic E-state index is 11.6. The second-order valence-electron chi connectivity index (χ2n) is 3.63. The van der Waals surface area contributed by atoms with Crippen LogP contribution in [0.5, 0.6) is 5.75 Å². The average Bonchev–Trinajstić information content (AvgIpc) is 2.42. The van der Waals surface area contributed by atoms with Crippen LogP contribution in [-0.4, -0.2) is 12.8 Å². The maximum Gasteiger partial charge on any atom is 0.340 e. The van der Waals surface area contributed by atoms with E-state index in [9.17, 15) is 4.79 Å². The first-order chi connectivity index (χ1) is 9.16. The van der Waals surface area contributed by atoms with Crippen molar-refractivity contribution in [2.75, 3.05) is 6.79 Å². The van der Waals surface area contributed by atoms with Gasteiger partial charge in [-0.25, -0.2) is 4.79 Å². The summed E-state index contributed by atoms with van der Waals surface area (Å²) in [5.74, 6) is -0.0439. The summed E-state index contributed by atoms with van der Waals surface area (Å²) in [6, 6.07) is 13.5. The Morgan fingerprint density at radius 3 is 2.47 bits per heavy atom. The molecule has 0 aromatic heterocycles. The van der Waals surface area contributed by atoms with Gasteiger partial charge in [-0.1, -0.05) is 41.4 Å². The van der Waals surface area contributed by atoms with Crippen LogP contribution in [0.1, 0.15) is 10.4 Å². The molecule has 2 aromatic rings. The van der Waals surface area contributed by atoms with Crippen LogP contribution >= 0.6 is 23.2 Å². The first-order valence-corrected chi connectivity index (χ1v) is 6.22. The van der Waals surface area contributed by atoms with Crippen molar-refractivity contribution in [1.82, 2.24) is 0 Å². The summed E-state index contributed by atoms with van der Waals surface area (Å²) >= 11 is 11.7. The van der Waals surface area contributed by atoms with Crippen LogP contribution in [0.3, 0.4) is 0 Å². The summed E-state index contributed by atoms with van der Waals surface area (Å²) < 4.78 is 10.2. The van der Waals surface area contributed by atoms with E-state index in [-0.39, 0.29) is 6.79 Å². The molecule has 0 saturated carbocycles. The van der Waals surface area contributed by atoms with Gasteiger partial charge in [-0.3, -0.25) is 0 Å². The monoisotopic (exact) mass is 296 g/mol. The SMILES string of the molecule is O=C(OCOc1ccc(Cl)cc1Cl)c1ccccc1. The minimum atomic E-state index is -0.453. The number of hydrogen-bond donors (Lipinski definition) is 0. The lowest BCUT2D eigenvalue weighted by Crippen LogP contribution is -2.10. The highest BCUT2D eigenvalue weighted by Gasteiger charge is 2.07. The number of esters is 1. The predicted molar refractivity (Wildman–Crippen MR) is 73.8 cm³/mol. The third-order valence-electron chi connectivity index (χ3n) is 2.31. The van der Waals surface area contributed by atoms with Crippen molar-refractivity contribution in [3.05, 3.63) is 64.1 Å². The van der Waals surface area contributed by atoms with Gasteiger partial charge in [-0.15, -0.1) is 0 Å². The lowest BCUT2D eigenvalue weighted by molar-refractivity contribution is 0.0154. The van der Waals surface area contributed by atoms with Crippen molar-refractivity contribution in [3.8, 4) is 5.75 Å². The first kappa shape index (κ1) is 13.7. The van der Waals surface area contributed by atoms with Crippen LogP contribution in [0.4, 0.5) is 0 Å². The predicted octanol–water partition coefficient (Wildman–Crippen LogP) is 4.19. The van der Waals surface area contributed by atoms with E-state index in [1.807, 2.05) is 6.07 Å². The van der Waals surface area contributed by atoms with Crippen LogP contribution in [0.15, 0.2) is 48.5 Å². The summed E-state index contributed by atoms with van der Waals surface area (Å²) in [5.41, 5.74) is 0.466. The molecule has 0 fully saturated rings. The van der Waals surface area contributed by atoms with E-state index >= 15 is 0 Å². The molecule has 0 aliphatic heterocycles. The number of rotatable bonds is 4. The lowest BCUT2D eigenvalue weighted by atomic mass is 10.2. The molecule has 0 amide bonds. The Bertz CT molecular complexity index is 570. The van der Waals surface area contributed by atoms with E-state index in [2.05, 4.69) is 0 Å². The molecule has 2 aromatic carbocycles. The van der Waals surface area contributed by atoms with Crippen LogP contribution in [0.25, 0.3) is 0 Å². The van der Waals surface area contributed by atoms with Gasteiger partial charge in [-0.2, -0.15) is 0 Å². The van der Waals surface area contributed by atoms with Crippen molar-refractivity contribution in [2.24, 2.45) is 0 Å². The van der Waals surface area contributed by atoms with E-state index in [0.29, 0.717) is 21.4 Å². The van der Waals surface area contributed by atoms with Crippen LogP contribution in [0, 0.1) is 0 Å². The zero-order valence-electron chi connectivity index (χ0n) is 9.81.